The van der Waals surface area contributed by atoms with E-state index in [0.717, 1.165) is 5.56 Å². The average Bonchev–Trinajstić information content (AvgIpc) is 3.05. The number of guanidine groups is 1. The van der Waals surface area contributed by atoms with Gasteiger partial charge in [-0.2, -0.15) is 0 Å². The van der Waals surface area contributed by atoms with Crippen molar-refractivity contribution in [1.29, 1.82) is 0 Å². The average molecular weight is 671 g/mol. The largest absolute Gasteiger partial charge is 0.461 e. The third-order valence-electron chi connectivity index (χ3n) is 6.63. The Balaban J connectivity index is 2.00. The molecule has 0 spiro atoms. The predicted octanol–water partition coefficient (Wildman–Crippen LogP) is -0.191. The van der Waals surface area contributed by atoms with Crippen molar-refractivity contribution in [2.24, 2.45) is 22.4 Å². The zero-order valence-corrected chi connectivity index (χ0v) is 26.8. The van der Waals surface area contributed by atoms with Gasteiger partial charge in [-0.25, -0.2) is 19.9 Å². The Hall–Kier alpha value is -5.58. The summed E-state index contributed by atoms with van der Waals surface area (Å²) in [6, 6.07) is 14.2. The minimum Gasteiger partial charge on any atom is -0.461 e. The molecule has 8 N–H and O–H groups in total. The van der Waals surface area contributed by atoms with Gasteiger partial charge in [0.25, 0.3) is 5.96 Å². The van der Waals surface area contributed by atoms with Crippen LogP contribution in [0.3, 0.4) is 0 Å². The van der Waals surface area contributed by atoms with Crippen LogP contribution in [0.1, 0.15) is 44.2 Å². The molecule has 0 saturated carbocycles. The van der Waals surface area contributed by atoms with Gasteiger partial charge in [-0.15, -0.1) is 0 Å². The number of amides is 3. The van der Waals surface area contributed by atoms with Gasteiger partial charge in [0.1, 0.15) is 25.3 Å². The number of ether oxygens (including phenoxy) is 2. The number of nitrogens with one attached hydrogen (secondary N) is 4. The molecule has 0 unspecified atom stereocenters. The zero-order valence-electron chi connectivity index (χ0n) is 26.8. The molecule has 0 aliphatic carbocycles. The van der Waals surface area contributed by atoms with Crippen molar-refractivity contribution in [2.45, 2.75) is 64.4 Å². The third-order valence-corrected chi connectivity index (χ3v) is 6.63. The number of nitro groups is 1. The van der Waals surface area contributed by atoms with Crippen molar-refractivity contribution < 1.29 is 38.5 Å². The van der Waals surface area contributed by atoms with E-state index in [4.69, 9.17) is 20.9 Å². The van der Waals surface area contributed by atoms with E-state index >= 15 is 0 Å². The van der Waals surface area contributed by atoms with Gasteiger partial charge in [0, 0.05) is 6.54 Å². The summed E-state index contributed by atoms with van der Waals surface area (Å²) in [6.45, 7) is 2.77. The number of hydrogen-bond donors (Lipinski definition) is 6. The maximum absolute atomic E-state index is 13.4. The fraction of sp³-hybridized carbons (Fsp3) is 0.419. The highest BCUT2D eigenvalue weighted by Gasteiger charge is 2.31. The molecule has 0 aliphatic heterocycles. The molecule has 0 fully saturated rings. The van der Waals surface area contributed by atoms with E-state index in [2.05, 4.69) is 20.9 Å². The Labute approximate surface area is 277 Å². The van der Waals surface area contributed by atoms with E-state index in [1.807, 2.05) is 6.07 Å². The van der Waals surface area contributed by atoms with Crippen molar-refractivity contribution in [1.82, 2.24) is 21.4 Å². The number of hydrazine groups is 1. The van der Waals surface area contributed by atoms with Crippen molar-refractivity contribution in [2.75, 3.05) is 13.1 Å². The Kier molecular flexibility index (Phi) is 16.5. The Bertz CT molecular complexity index is 1410. The fourth-order valence-corrected chi connectivity index (χ4v) is 4.06. The summed E-state index contributed by atoms with van der Waals surface area (Å²) in [5.41, 5.74) is 14.3. The summed E-state index contributed by atoms with van der Waals surface area (Å²) in [6.07, 6.45) is -0.187. The lowest BCUT2D eigenvalue weighted by atomic mass is 10.0. The number of carbonyl (C=O) groups is 5. The molecule has 0 saturated heterocycles. The minimum absolute atomic E-state index is 0.0212. The molecule has 0 aromatic heterocycles. The van der Waals surface area contributed by atoms with Gasteiger partial charge in [0.15, 0.2) is 5.03 Å². The summed E-state index contributed by atoms with van der Waals surface area (Å²) in [7, 11) is 0. The number of aliphatic imine (C=N–C) groups is 1. The van der Waals surface area contributed by atoms with E-state index in [1.165, 1.54) is 0 Å². The first kappa shape index (κ1) is 38.6. The molecule has 0 bridgehead atoms. The lowest BCUT2D eigenvalue weighted by molar-refractivity contribution is -0.525. The lowest BCUT2D eigenvalue weighted by Crippen LogP contribution is -2.55. The molecule has 48 heavy (non-hydrogen) atoms. The standard InChI is InChI=1S/C31H42N8O9/c1-20(2)27(30(44)48-19-22-12-7-4-8-13-22)37-29(43)24(16-26(41)47-18-21-10-5-3-6-11-21)36-25(40)17-35-28(42)23(32)14-9-15-34-31(33)38-39(45)46/h3-8,10-13,20,23-24,27H,9,14-19,32H2,1-2H3,(H,35,42)(H,36,40)(H,37,43)(H3,33,34,38)/t23-,24-,27-/m0/s1. The quantitative estimate of drug-likeness (QED) is 0.0284. The van der Waals surface area contributed by atoms with Gasteiger partial charge in [-0.3, -0.25) is 19.2 Å². The van der Waals surface area contributed by atoms with E-state index in [-0.39, 0.29) is 32.6 Å². The van der Waals surface area contributed by atoms with E-state index in [1.54, 1.807) is 73.9 Å². The lowest BCUT2D eigenvalue weighted by Gasteiger charge is -2.24. The van der Waals surface area contributed by atoms with Crippen LogP contribution < -0.4 is 32.8 Å². The monoisotopic (exact) mass is 670 g/mol. The summed E-state index contributed by atoms with van der Waals surface area (Å²) < 4.78 is 10.7. The van der Waals surface area contributed by atoms with Crippen LogP contribution in [-0.4, -0.2) is 71.9 Å². The molecule has 0 aliphatic rings. The number of carbonyl (C=O) groups excluding carboxylic acids is 5. The zero-order chi connectivity index (χ0) is 35.5. The normalized spacial score (nSPS) is 13.0. The molecule has 0 heterocycles. The second-order valence-corrected chi connectivity index (χ2v) is 10.9. The first-order valence-corrected chi connectivity index (χ1v) is 15.1. The van der Waals surface area contributed by atoms with Gasteiger partial charge in [-0.05, 0) is 29.9 Å². The third kappa shape index (κ3) is 15.1. The van der Waals surface area contributed by atoms with E-state index < -0.39 is 77.7 Å². The number of benzene rings is 2. The highest BCUT2D eigenvalue weighted by molar-refractivity contribution is 5.94. The number of esters is 2. The molecule has 17 nitrogen and oxygen atoms in total. The molecule has 0 radical (unpaired) electrons. The van der Waals surface area contributed by atoms with Crippen molar-refractivity contribution in [3.63, 3.8) is 0 Å². The molecule has 2 aromatic rings. The number of hydrogen-bond acceptors (Lipinski definition) is 11. The highest BCUT2D eigenvalue weighted by Crippen LogP contribution is 2.10. The van der Waals surface area contributed by atoms with Crippen molar-refractivity contribution in [3.8, 4) is 0 Å². The number of rotatable bonds is 19. The van der Waals surface area contributed by atoms with Gasteiger partial charge in [0.2, 0.25) is 17.7 Å². The second-order valence-electron chi connectivity index (χ2n) is 10.9. The molecule has 3 atom stereocenters. The van der Waals surface area contributed by atoms with Crippen LogP contribution in [0, 0.1) is 16.0 Å². The first-order valence-electron chi connectivity index (χ1n) is 15.1. The Morgan fingerprint density at radius 3 is 2.04 bits per heavy atom. The van der Waals surface area contributed by atoms with Crippen LogP contribution in [0.5, 0.6) is 0 Å². The SMILES string of the molecule is CC(C)[C@H](NC(=O)[C@H](CC(=O)OCc1ccccc1)NC(=O)CNC(=O)[C@@H](N)CCCN=C(N)N[N+](=O)[O-])C(=O)OCc1ccccc1. The number of nitrogens with zero attached hydrogens (tertiary/aromatic N) is 2. The molecule has 17 heteroatoms. The molecule has 260 valence electrons. The topological polar surface area (TPSA) is 259 Å². The van der Waals surface area contributed by atoms with Gasteiger partial charge < -0.3 is 36.9 Å². The maximum Gasteiger partial charge on any atom is 0.329 e. The summed E-state index contributed by atoms with van der Waals surface area (Å²) >= 11 is 0. The van der Waals surface area contributed by atoms with E-state index in [0.29, 0.717) is 5.56 Å². The predicted molar refractivity (Wildman–Crippen MR) is 173 cm³/mol. The number of nitrogens with two attached hydrogens (primary N) is 2. The minimum atomic E-state index is -1.47. The Morgan fingerprint density at radius 2 is 1.48 bits per heavy atom. The van der Waals surface area contributed by atoms with Crippen LogP contribution in [-0.2, 0) is 46.7 Å². The van der Waals surface area contributed by atoms with Gasteiger partial charge >= 0.3 is 11.9 Å². The second kappa shape index (κ2) is 20.5. The van der Waals surface area contributed by atoms with Crippen LogP contribution in [0.25, 0.3) is 0 Å². The highest BCUT2D eigenvalue weighted by atomic mass is 16.7. The Morgan fingerprint density at radius 1 is 0.896 bits per heavy atom. The molecule has 2 rings (SSSR count). The van der Waals surface area contributed by atoms with Crippen LogP contribution in [0.2, 0.25) is 0 Å². The van der Waals surface area contributed by atoms with Gasteiger partial charge in [0.05, 0.1) is 19.0 Å². The summed E-state index contributed by atoms with van der Waals surface area (Å²) in [4.78, 5) is 78.3. The first-order chi connectivity index (χ1) is 22.8. The fourth-order valence-electron chi connectivity index (χ4n) is 4.06. The summed E-state index contributed by atoms with van der Waals surface area (Å²) in [5, 5.41) is 16.8. The van der Waals surface area contributed by atoms with Crippen molar-refractivity contribution in [3.05, 3.63) is 81.9 Å². The smallest absolute Gasteiger partial charge is 0.329 e. The summed E-state index contributed by atoms with van der Waals surface area (Å²) in [5.74, 6) is -4.66. The molecule has 3 amide bonds. The van der Waals surface area contributed by atoms with Crippen molar-refractivity contribution >= 4 is 35.6 Å². The van der Waals surface area contributed by atoms with Crippen LogP contribution >= 0.6 is 0 Å². The van der Waals surface area contributed by atoms with Crippen LogP contribution in [0.15, 0.2) is 65.7 Å². The van der Waals surface area contributed by atoms with Crippen LogP contribution in [0.4, 0.5) is 0 Å². The van der Waals surface area contributed by atoms with E-state index in [9.17, 15) is 34.1 Å². The molecular weight excluding hydrogens is 628 g/mol. The maximum atomic E-state index is 13.4. The molecular formula is C31H42N8O9. The van der Waals surface area contributed by atoms with Gasteiger partial charge in [-0.1, -0.05) is 79.9 Å². The molecule has 2 aromatic carbocycles.